The van der Waals surface area contributed by atoms with Crippen molar-refractivity contribution in [1.29, 1.82) is 0 Å². The van der Waals surface area contributed by atoms with Gasteiger partial charge in [-0.05, 0) is 18.6 Å². The van der Waals surface area contributed by atoms with Crippen LogP contribution in [-0.2, 0) is 9.59 Å². The third kappa shape index (κ3) is 3.49. The van der Waals surface area contributed by atoms with E-state index in [4.69, 9.17) is 5.73 Å². The van der Waals surface area contributed by atoms with Gasteiger partial charge in [0.15, 0.2) is 0 Å². The predicted molar refractivity (Wildman–Crippen MR) is 61.8 cm³/mol. The van der Waals surface area contributed by atoms with Gasteiger partial charge in [-0.1, -0.05) is 0 Å². The number of carbonyl (C=O) groups is 2. The smallest absolute Gasteiger partial charge is 0.313 e. The lowest BCUT2D eigenvalue weighted by molar-refractivity contribution is -0.136. The summed E-state index contributed by atoms with van der Waals surface area (Å²) in [6.45, 7) is 1.68. The van der Waals surface area contributed by atoms with Crippen LogP contribution in [-0.4, -0.2) is 24.9 Å². The minimum atomic E-state index is -1.08. The molecule has 0 saturated heterocycles. The van der Waals surface area contributed by atoms with Crippen molar-refractivity contribution in [2.24, 2.45) is 5.73 Å². The van der Waals surface area contributed by atoms with Crippen molar-refractivity contribution >= 4 is 17.5 Å². The molecule has 0 heterocycles. The zero-order valence-electron chi connectivity index (χ0n) is 9.72. The second-order valence-corrected chi connectivity index (χ2v) is 3.58. The first-order chi connectivity index (χ1) is 8.45. The lowest BCUT2D eigenvalue weighted by Crippen LogP contribution is -2.38. The third-order valence-electron chi connectivity index (χ3n) is 2.13. The number of benzene rings is 1. The Morgan fingerprint density at radius 3 is 2.50 bits per heavy atom. The molecule has 5 nitrogen and oxygen atoms in total. The van der Waals surface area contributed by atoms with Crippen LogP contribution >= 0.6 is 0 Å². The topological polar surface area (TPSA) is 84.2 Å². The molecular formula is C11H13F2N3O2. The van der Waals surface area contributed by atoms with Gasteiger partial charge in [-0.3, -0.25) is 9.59 Å². The van der Waals surface area contributed by atoms with Gasteiger partial charge < -0.3 is 16.4 Å². The van der Waals surface area contributed by atoms with E-state index in [0.29, 0.717) is 0 Å². The Kier molecular flexibility index (Phi) is 4.73. The second kappa shape index (κ2) is 6.06. The van der Waals surface area contributed by atoms with Gasteiger partial charge in [0.2, 0.25) is 0 Å². The lowest BCUT2D eigenvalue weighted by Gasteiger charge is -2.07. The summed E-state index contributed by atoms with van der Waals surface area (Å²) in [4.78, 5) is 22.5. The van der Waals surface area contributed by atoms with Crippen molar-refractivity contribution in [3.8, 4) is 0 Å². The molecule has 1 aromatic carbocycles. The maximum Gasteiger partial charge on any atom is 0.313 e. The molecule has 0 bridgehead atoms. The van der Waals surface area contributed by atoms with Gasteiger partial charge in [0.25, 0.3) is 0 Å². The molecule has 0 unspecified atom stereocenters. The largest absolute Gasteiger partial charge is 0.347 e. The van der Waals surface area contributed by atoms with Crippen molar-refractivity contribution in [3.05, 3.63) is 29.3 Å². The fourth-order valence-corrected chi connectivity index (χ4v) is 1.19. The molecule has 0 radical (unpaired) electrons. The summed E-state index contributed by atoms with van der Waals surface area (Å²) in [5.74, 6) is -3.52. The molecule has 0 fully saturated rings. The molecule has 0 saturated carbocycles. The normalized spacial score (nSPS) is 10.0. The molecule has 2 amide bonds. The summed E-state index contributed by atoms with van der Waals surface area (Å²) in [7, 11) is 0. The molecule has 0 aromatic heterocycles. The number of hydrogen-bond donors (Lipinski definition) is 3. The Morgan fingerprint density at radius 2 is 1.89 bits per heavy atom. The number of anilines is 1. The zero-order chi connectivity index (χ0) is 13.7. The van der Waals surface area contributed by atoms with Gasteiger partial charge in [-0.2, -0.15) is 0 Å². The number of carbonyl (C=O) groups excluding carboxylic acids is 2. The highest BCUT2D eigenvalue weighted by molar-refractivity contribution is 6.39. The van der Waals surface area contributed by atoms with Crippen molar-refractivity contribution < 1.29 is 18.4 Å². The zero-order valence-corrected chi connectivity index (χ0v) is 9.72. The summed E-state index contributed by atoms with van der Waals surface area (Å²) in [6.07, 6.45) is 0. The van der Waals surface area contributed by atoms with Crippen LogP contribution in [0.1, 0.15) is 5.56 Å². The molecule has 18 heavy (non-hydrogen) atoms. The molecule has 1 rings (SSSR count). The number of amides is 2. The number of hydrogen-bond acceptors (Lipinski definition) is 3. The van der Waals surface area contributed by atoms with E-state index < -0.39 is 23.4 Å². The van der Waals surface area contributed by atoms with Crippen LogP contribution in [0.2, 0.25) is 0 Å². The van der Waals surface area contributed by atoms with E-state index in [1.807, 2.05) is 5.32 Å². The Balaban J connectivity index is 2.76. The number of rotatable bonds is 3. The van der Waals surface area contributed by atoms with E-state index >= 15 is 0 Å². The number of nitrogens with one attached hydrogen (secondary N) is 2. The summed E-state index contributed by atoms with van der Waals surface area (Å²) < 4.78 is 26.6. The number of halogens is 2. The first-order valence-corrected chi connectivity index (χ1v) is 5.20. The minimum absolute atomic E-state index is 0.109. The van der Waals surface area contributed by atoms with E-state index in [0.717, 1.165) is 12.1 Å². The quantitative estimate of drug-likeness (QED) is 0.680. The van der Waals surface area contributed by atoms with Crippen molar-refractivity contribution in [2.75, 3.05) is 18.4 Å². The van der Waals surface area contributed by atoms with Crippen molar-refractivity contribution in [3.63, 3.8) is 0 Å². The Labute approximate surface area is 102 Å². The van der Waals surface area contributed by atoms with Crippen molar-refractivity contribution in [1.82, 2.24) is 5.32 Å². The van der Waals surface area contributed by atoms with Crippen LogP contribution in [0.5, 0.6) is 0 Å². The van der Waals surface area contributed by atoms with Gasteiger partial charge in [0.1, 0.15) is 11.6 Å². The van der Waals surface area contributed by atoms with E-state index in [-0.39, 0.29) is 24.3 Å². The van der Waals surface area contributed by atoms with Gasteiger partial charge in [0.05, 0.1) is 5.69 Å². The Hall–Kier alpha value is -2.02. The Morgan fingerprint density at radius 1 is 1.22 bits per heavy atom. The van der Waals surface area contributed by atoms with E-state index in [9.17, 15) is 18.4 Å². The highest BCUT2D eigenvalue weighted by Crippen LogP contribution is 2.18. The van der Waals surface area contributed by atoms with Gasteiger partial charge in [0, 0.05) is 19.2 Å². The SMILES string of the molecule is Cc1cc(F)c(NC(=O)C(=O)NCCN)cc1F. The van der Waals surface area contributed by atoms with Gasteiger partial charge in [-0.15, -0.1) is 0 Å². The van der Waals surface area contributed by atoms with Crippen molar-refractivity contribution in [2.45, 2.75) is 6.92 Å². The van der Waals surface area contributed by atoms with Crippen LogP contribution in [0.25, 0.3) is 0 Å². The summed E-state index contributed by atoms with van der Waals surface area (Å²) in [6, 6.07) is 1.75. The van der Waals surface area contributed by atoms with Crippen LogP contribution in [0.15, 0.2) is 12.1 Å². The highest BCUT2D eigenvalue weighted by Gasteiger charge is 2.16. The first-order valence-electron chi connectivity index (χ1n) is 5.20. The molecule has 98 valence electrons. The summed E-state index contributed by atoms with van der Waals surface area (Å²) >= 11 is 0. The molecule has 7 heteroatoms. The molecule has 0 aliphatic rings. The van der Waals surface area contributed by atoms with Crippen LogP contribution in [0, 0.1) is 18.6 Å². The first kappa shape index (κ1) is 14.0. The second-order valence-electron chi connectivity index (χ2n) is 3.58. The lowest BCUT2D eigenvalue weighted by atomic mass is 10.2. The van der Waals surface area contributed by atoms with Gasteiger partial charge >= 0.3 is 11.8 Å². The van der Waals surface area contributed by atoms with E-state index in [1.54, 1.807) is 0 Å². The molecule has 4 N–H and O–H groups in total. The number of aryl methyl sites for hydroxylation is 1. The number of nitrogens with two attached hydrogens (primary N) is 1. The molecule has 0 spiro atoms. The molecule has 1 aromatic rings. The summed E-state index contributed by atoms with van der Waals surface area (Å²) in [5, 5.41) is 4.19. The van der Waals surface area contributed by atoms with E-state index in [1.165, 1.54) is 6.92 Å². The maximum absolute atomic E-state index is 13.4. The van der Waals surface area contributed by atoms with Crippen LogP contribution in [0.4, 0.5) is 14.5 Å². The molecule has 0 aliphatic heterocycles. The molecule has 0 atom stereocenters. The molecule has 0 aliphatic carbocycles. The van der Waals surface area contributed by atoms with E-state index in [2.05, 4.69) is 5.32 Å². The Bertz CT molecular complexity index is 478. The fraction of sp³-hybridized carbons (Fsp3) is 0.273. The average molecular weight is 257 g/mol. The van der Waals surface area contributed by atoms with Gasteiger partial charge in [-0.25, -0.2) is 8.78 Å². The van der Waals surface area contributed by atoms with Crippen LogP contribution in [0.3, 0.4) is 0 Å². The minimum Gasteiger partial charge on any atom is -0.347 e. The maximum atomic E-state index is 13.4. The standard InChI is InChI=1S/C11H13F2N3O2/c1-6-4-8(13)9(5-7(6)12)16-11(18)10(17)15-3-2-14/h4-5H,2-3,14H2,1H3,(H,15,17)(H,16,18). The van der Waals surface area contributed by atoms with Crippen LogP contribution < -0.4 is 16.4 Å². The fourth-order valence-electron chi connectivity index (χ4n) is 1.19. The highest BCUT2D eigenvalue weighted by atomic mass is 19.1. The third-order valence-corrected chi connectivity index (χ3v) is 2.13. The predicted octanol–water partition coefficient (Wildman–Crippen LogP) is 0.287. The average Bonchev–Trinajstić information content (AvgIpc) is 2.32. The molecular weight excluding hydrogens is 244 g/mol. The summed E-state index contributed by atoms with van der Waals surface area (Å²) in [5.41, 5.74) is 4.86. The monoisotopic (exact) mass is 257 g/mol.